The molecule has 1 aliphatic heterocycles. The van der Waals surface area contributed by atoms with Crippen molar-refractivity contribution in [2.45, 2.75) is 44.6 Å². The Bertz CT molecular complexity index is 359. The van der Waals surface area contributed by atoms with E-state index < -0.39 is 11.4 Å². The third-order valence-corrected chi connectivity index (χ3v) is 4.64. The largest absolute Gasteiger partial charge is 0.481 e. The molecule has 0 aromatic rings. The van der Waals surface area contributed by atoms with E-state index in [2.05, 4.69) is 10.2 Å². The molecule has 6 heteroatoms. The molecule has 0 spiro atoms. The van der Waals surface area contributed by atoms with Gasteiger partial charge in [-0.2, -0.15) is 0 Å². The molecule has 0 bridgehead atoms. The van der Waals surface area contributed by atoms with Crippen LogP contribution in [0.5, 0.6) is 0 Å². The highest BCUT2D eigenvalue weighted by Gasteiger charge is 2.41. The summed E-state index contributed by atoms with van der Waals surface area (Å²) in [4.78, 5) is 25.4. The van der Waals surface area contributed by atoms with Crippen molar-refractivity contribution in [2.24, 2.45) is 11.1 Å². The number of carbonyl (C=O) groups is 2. The number of aliphatic carboxylic acids is 1. The lowest BCUT2D eigenvalue weighted by Gasteiger charge is -2.30. The summed E-state index contributed by atoms with van der Waals surface area (Å²) < 4.78 is 0. The number of hydrogen-bond acceptors (Lipinski definition) is 4. The van der Waals surface area contributed by atoms with Crippen molar-refractivity contribution in [1.29, 1.82) is 0 Å². The number of carboxylic acids is 1. The number of nitrogens with one attached hydrogen (secondary N) is 1. The Morgan fingerprint density at radius 1 is 1.25 bits per heavy atom. The summed E-state index contributed by atoms with van der Waals surface area (Å²) in [6.07, 6.45) is 5.05. The molecule has 2 aliphatic rings. The van der Waals surface area contributed by atoms with E-state index in [-0.39, 0.29) is 18.5 Å². The van der Waals surface area contributed by atoms with Gasteiger partial charge in [-0.3, -0.25) is 14.5 Å². The molecule has 114 valence electrons. The molecular formula is C14H25N3O3. The Hall–Kier alpha value is -1.14. The van der Waals surface area contributed by atoms with Gasteiger partial charge in [0.2, 0.25) is 5.91 Å². The normalized spacial score (nSPS) is 23.6. The lowest BCUT2D eigenvalue weighted by atomic mass is 9.86. The predicted molar refractivity (Wildman–Crippen MR) is 75.2 cm³/mol. The molecule has 2 fully saturated rings. The molecule has 1 aliphatic carbocycles. The number of nitrogens with zero attached hydrogens (tertiary/aromatic N) is 1. The predicted octanol–water partition coefficient (Wildman–Crippen LogP) is 0.171. The van der Waals surface area contributed by atoms with E-state index in [1.54, 1.807) is 0 Å². The van der Waals surface area contributed by atoms with Gasteiger partial charge in [-0.25, -0.2) is 0 Å². The fourth-order valence-corrected chi connectivity index (χ4v) is 3.16. The molecule has 0 aromatic heterocycles. The average molecular weight is 283 g/mol. The first-order chi connectivity index (χ1) is 9.52. The van der Waals surface area contributed by atoms with Crippen LogP contribution in [0, 0.1) is 5.41 Å². The van der Waals surface area contributed by atoms with E-state index in [0.717, 1.165) is 38.8 Å². The second kappa shape index (κ2) is 6.54. The van der Waals surface area contributed by atoms with Crippen LogP contribution in [0.1, 0.15) is 38.5 Å². The highest BCUT2D eigenvalue weighted by atomic mass is 16.4. The molecule has 1 saturated carbocycles. The molecule has 0 unspecified atom stereocenters. The van der Waals surface area contributed by atoms with Crippen LogP contribution in [0.2, 0.25) is 0 Å². The number of rotatable bonds is 5. The third kappa shape index (κ3) is 3.70. The van der Waals surface area contributed by atoms with E-state index in [1.807, 2.05) is 0 Å². The van der Waals surface area contributed by atoms with Crippen LogP contribution in [-0.4, -0.2) is 54.1 Å². The average Bonchev–Trinajstić information content (AvgIpc) is 2.89. The van der Waals surface area contributed by atoms with Crippen LogP contribution in [0.4, 0.5) is 0 Å². The minimum Gasteiger partial charge on any atom is -0.481 e. The van der Waals surface area contributed by atoms with Crippen LogP contribution < -0.4 is 11.1 Å². The second-order valence-electron chi connectivity index (χ2n) is 6.18. The van der Waals surface area contributed by atoms with E-state index in [1.165, 1.54) is 0 Å². The highest BCUT2D eigenvalue weighted by Crippen LogP contribution is 2.37. The fraction of sp³-hybridized carbons (Fsp3) is 0.857. The summed E-state index contributed by atoms with van der Waals surface area (Å²) in [5.74, 6) is -0.854. The molecule has 2 rings (SSSR count). The maximum Gasteiger partial charge on any atom is 0.311 e. The van der Waals surface area contributed by atoms with Gasteiger partial charge in [0.1, 0.15) is 0 Å². The number of carboxylic acid groups (broad SMARTS) is 1. The van der Waals surface area contributed by atoms with Crippen LogP contribution in [0.3, 0.4) is 0 Å². The smallest absolute Gasteiger partial charge is 0.311 e. The minimum atomic E-state index is -0.778. The zero-order valence-electron chi connectivity index (χ0n) is 11.9. The number of piperidine rings is 1. The molecule has 4 N–H and O–H groups in total. The van der Waals surface area contributed by atoms with E-state index in [9.17, 15) is 14.7 Å². The number of carbonyl (C=O) groups excluding carboxylic acids is 1. The topological polar surface area (TPSA) is 95.7 Å². The van der Waals surface area contributed by atoms with Crippen LogP contribution in [-0.2, 0) is 9.59 Å². The van der Waals surface area contributed by atoms with E-state index >= 15 is 0 Å². The van der Waals surface area contributed by atoms with Gasteiger partial charge in [0.15, 0.2) is 0 Å². The summed E-state index contributed by atoms with van der Waals surface area (Å²) in [6.45, 7) is 2.30. The molecule has 0 atom stereocenters. The van der Waals surface area contributed by atoms with Gasteiger partial charge in [0.05, 0.1) is 12.0 Å². The van der Waals surface area contributed by atoms with Crippen molar-refractivity contribution < 1.29 is 14.7 Å². The van der Waals surface area contributed by atoms with Crippen LogP contribution in [0.25, 0.3) is 0 Å². The van der Waals surface area contributed by atoms with Crippen LogP contribution in [0.15, 0.2) is 0 Å². The van der Waals surface area contributed by atoms with Gasteiger partial charge in [-0.15, -0.1) is 0 Å². The summed E-state index contributed by atoms with van der Waals surface area (Å²) >= 11 is 0. The first-order valence-electron chi connectivity index (χ1n) is 7.50. The van der Waals surface area contributed by atoms with Gasteiger partial charge < -0.3 is 16.2 Å². The first kappa shape index (κ1) is 15.3. The van der Waals surface area contributed by atoms with Crippen molar-refractivity contribution in [2.75, 3.05) is 26.2 Å². The summed E-state index contributed by atoms with van der Waals surface area (Å²) in [6, 6.07) is 0.253. The molecule has 20 heavy (non-hydrogen) atoms. The molecule has 6 nitrogen and oxygen atoms in total. The Morgan fingerprint density at radius 2 is 1.85 bits per heavy atom. The van der Waals surface area contributed by atoms with Crippen molar-refractivity contribution in [1.82, 2.24) is 10.2 Å². The Morgan fingerprint density at radius 3 is 2.40 bits per heavy atom. The Balaban J connectivity index is 1.75. The fourth-order valence-electron chi connectivity index (χ4n) is 3.16. The molecule has 1 heterocycles. The monoisotopic (exact) mass is 283 g/mol. The zero-order chi connectivity index (χ0) is 14.6. The van der Waals surface area contributed by atoms with Crippen molar-refractivity contribution >= 4 is 11.9 Å². The lowest BCUT2D eigenvalue weighted by Crippen LogP contribution is -2.47. The van der Waals surface area contributed by atoms with Gasteiger partial charge in [-0.1, -0.05) is 12.8 Å². The second-order valence-corrected chi connectivity index (χ2v) is 6.18. The SMILES string of the molecule is NC1CCN(CC(=O)NCC2(C(=O)O)CCCC2)CC1. The number of hydrogen-bond donors (Lipinski definition) is 3. The van der Waals surface area contributed by atoms with Crippen molar-refractivity contribution in [3.8, 4) is 0 Å². The molecule has 1 amide bonds. The minimum absolute atomic E-state index is 0.0759. The van der Waals surface area contributed by atoms with Crippen molar-refractivity contribution in [3.63, 3.8) is 0 Å². The maximum absolute atomic E-state index is 11.9. The zero-order valence-corrected chi connectivity index (χ0v) is 11.9. The number of nitrogens with two attached hydrogens (primary N) is 1. The summed E-state index contributed by atoms with van der Waals surface area (Å²) in [5.41, 5.74) is 5.09. The van der Waals surface area contributed by atoms with Crippen molar-refractivity contribution in [3.05, 3.63) is 0 Å². The highest BCUT2D eigenvalue weighted by molar-refractivity contribution is 5.80. The Labute approximate surface area is 119 Å². The summed E-state index contributed by atoms with van der Waals surface area (Å²) in [7, 11) is 0. The Kier molecular flexibility index (Phi) is 4.99. The lowest BCUT2D eigenvalue weighted by molar-refractivity contribution is -0.148. The third-order valence-electron chi connectivity index (χ3n) is 4.64. The maximum atomic E-state index is 11.9. The van der Waals surface area contributed by atoms with Crippen LogP contribution >= 0.6 is 0 Å². The molecule has 0 aromatic carbocycles. The number of amides is 1. The van der Waals surface area contributed by atoms with Gasteiger partial charge in [0.25, 0.3) is 0 Å². The van der Waals surface area contributed by atoms with E-state index in [0.29, 0.717) is 19.4 Å². The van der Waals surface area contributed by atoms with Gasteiger partial charge in [-0.05, 0) is 25.7 Å². The summed E-state index contributed by atoms with van der Waals surface area (Å²) in [5, 5.41) is 12.2. The molecule has 1 saturated heterocycles. The molecular weight excluding hydrogens is 258 g/mol. The first-order valence-corrected chi connectivity index (χ1v) is 7.50. The van der Waals surface area contributed by atoms with Gasteiger partial charge in [0, 0.05) is 25.7 Å². The quantitative estimate of drug-likeness (QED) is 0.668. The standard InChI is InChI=1S/C14H25N3O3/c15-11-3-7-17(8-4-11)9-12(18)16-10-14(13(19)20)5-1-2-6-14/h11H,1-10,15H2,(H,16,18)(H,19,20). The van der Waals surface area contributed by atoms with E-state index in [4.69, 9.17) is 5.73 Å². The number of likely N-dealkylation sites (tertiary alicyclic amines) is 1. The molecule has 0 radical (unpaired) electrons. The van der Waals surface area contributed by atoms with Gasteiger partial charge >= 0.3 is 5.97 Å².